The highest BCUT2D eigenvalue weighted by molar-refractivity contribution is 9.12. The molecule has 16 heteroatoms. The smallest absolute Gasteiger partial charge is 0.471 e. The molecule has 2 heterocycles. The number of halogens is 6. The lowest BCUT2D eigenvalue weighted by molar-refractivity contribution is -0.281. The molecular formula is C22H25BrF5N5O5. The standard InChI is InChI=1S/C22H25BrF5N5O5/c1-12(2)32-18(35)17(23)19(37-11-13-3-4-14(24)9-15(13)25)33(38-20(36)22(26,27)28)21(32)31-7-5-30(6-8-31)16(34)10-29/h3-4,9,12,21H,5-8,10-11,29H2,1-2H3. The van der Waals surface area contributed by atoms with Gasteiger partial charge in [-0.1, -0.05) is 0 Å². The third-order valence-electron chi connectivity index (χ3n) is 5.79. The fourth-order valence-electron chi connectivity index (χ4n) is 3.92. The molecule has 0 saturated carbocycles. The predicted octanol–water partition coefficient (Wildman–Crippen LogP) is 2.00. The quantitative estimate of drug-likeness (QED) is 0.465. The van der Waals surface area contributed by atoms with Gasteiger partial charge in [0.2, 0.25) is 18.1 Å². The van der Waals surface area contributed by atoms with Crippen molar-refractivity contribution in [2.75, 3.05) is 32.7 Å². The van der Waals surface area contributed by atoms with Crippen LogP contribution in [0.1, 0.15) is 19.4 Å². The number of hydrogen-bond acceptors (Lipinski definition) is 8. The number of piperazine rings is 1. The lowest BCUT2D eigenvalue weighted by atomic mass is 10.2. The molecular weight excluding hydrogens is 589 g/mol. The molecule has 1 saturated heterocycles. The van der Waals surface area contributed by atoms with Gasteiger partial charge in [-0.15, -0.1) is 5.06 Å². The van der Waals surface area contributed by atoms with E-state index in [0.717, 1.165) is 12.1 Å². The van der Waals surface area contributed by atoms with E-state index in [9.17, 15) is 36.3 Å². The fraction of sp³-hybridized carbons (Fsp3) is 0.500. The van der Waals surface area contributed by atoms with Crippen LogP contribution in [0.2, 0.25) is 0 Å². The SMILES string of the molecule is CC(C)N1C(=O)C(Br)=C(OCc2ccc(F)cc2F)N(OC(=O)C(F)(F)F)C1N1CCN(C(=O)CN)CC1. The van der Waals surface area contributed by atoms with Crippen LogP contribution in [0.3, 0.4) is 0 Å². The Balaban J connectivity index is 2.02. The van der Waals surface area contributed by atoms with Gasteiger partial charge in [0.05, 0.1) is 6.54 Å². The zero-order chi connectivity index (χ0) is 28.4. The summed E-state index contributed by atoms with van der Waals surface area (Å²) in [5, 5.41) is 0.489. The zero-order valence-corrected chi connectivity index (χ0v) is 21.9. The molecule has 1 aromatic carbocycles. The van der Waals surface area contributed by atoms with Gasteiger partial charge in [-0.2, -0.15) is 13.2 Å². The van der Waals surface area contributed by atoms with E-state index >= 15 is 0 Å². The summed E-state index contributed by atoms with van der Waals surface area (Å²) in [6.45, 7) is 2.74. The van der Waals surface area contributed by atoms with Crippen LogP contribution in [0, 0.1) is 11.6 Å². The first kappa shape index (κ1) is 29.6. The Morgan fingerprint density at radius 1 is 1.16 bits per heavy atom. The molecule has 210 valence electrons. The molecule has 1 unspecified atom stereocenters. The minimum absolute atomic E-state index is 0.0739. The molecule has 0 aliphatic carbocycles. The van der Waals surface area contributed by atoms with E-state index in [4.69, 9.17) is 15.3 Å². The number of hydroxylamine groups is 2. The van der Waals surface area contributed by atoms with Crippen LogP contribution in [0.4, 0.5) is 22.0 Å². The van der Waals surface area contributed by atoms with Crippen molar-refractivity contribution in [2.24, 2.45) is 5.73 Å². The number of alkyl halides is 3. The van der Waals surface area contributed by atoms with E-state index in [2.05, 4.69) is 15.9 Å². The Morgan fingerprint density at radius 3 is 2.32 bits per heavy atom. The molecule has 0 aromatic heterocycles. The van der Waals surface area contributed by atoms with Crippen LogP contribution < -0.4 is 5.73 Å². The van der Waals surface area contributed by atoms with E-state index in [0.29, 0.717) is 11.1 Å². The minimum atomic E-state index is -5.40. The molecule has 0 bridgehead atoms. The van der Waals surface area contributed by atoms with Crippen LogP contribution >= 0.6 is 15.9 Å². The number of ether oxygens (including phenoxy) is 1. The van der Waals surface area contributed by atoms with Crippen molar-refractivity contribution in [1.29, 1.82) is 0 Å². The molecule has 0 spiro atoms. The summed E-state index contributed by atoms with van der Waals surface area (Å²) in [7, 11) is 0. The van der Waals surface area contributed by atoms with Gasteiger partial charge in [-0.05, 0) is 41.9 Å². The van der Waals surface area contributed by atoms with E-state index in [-0.39, 0.29) is 44.2 Å². The molecule has 1 fully saturated rings. The number of carbonyl (C=O) groups is 3. The van der Waals surface area contributed by atoms with Crippen molar-refractivity contribution in [1.82, 2.24) is 19.8 Å². The summed E-state index contributed by atoms with van der Waals surface area (Å²) >= 11 is 3.01. The summed E-state index contributed by atoms with van der Waals surface area (Å²) in [5.41, 5.74) is 5.23. The molecule has 3 rings (SSSR count). The lowest BCUT2D eigenvalue weighted by Gasteiger charge is -2.50. The largest absolute Gasteiger partial charge is 0.493 e. The first-order valence-corrected chi connectivity index (χ1v) is 12.1. The monoisotopic (exact) mass is 613 g/mol. The maximum absolute atomic E-state index is 14.2. The summed E-state index contributed by atoms with van der Waals surface area (Å²) in [6, 6.07) is 1.99. The van der Waals surface area contributed by atoms with Gasteiger partial charge in [0, 0.05) is 43.9 Å². The normalized spacial score (nSPS) is 19.4. The van der Waals surface area contributed by atoms with E-state index in [1.807, 2.05) is 0 Å². The van der Waals surface area contributed by atoms with Gasteiger partial charge in [0.15, 0.2) is 0 Å². The number of hydrogen-bond donors (Lipinski definition) is 1. The Kier molecular flexibility index (Phi) is 9.20. The maximum atomic E-state index is 14.2. The molecule has 1 aromatic rings. The van der Waals surface area contributed by atoms with Crippen molar-refractivity contribution in [3.63, 3.8) is 0 Å². The average molecular weight is 614 g/mol. The van der Waals surface area contributed by atoms with Crippen LogP contribution in [-0.2, 0) is 30.6 Å². The second-order valence-corrected chi connectivity index (χ2v) is 9.41. The highest BCUT2D eigenvalue weighted by Gasteiger charge is 2.51. The summed E-state index contributed by atoms with van der Waals surface area (Å²) < 4.78 is 72.3. The van der Waals surface area contributed by atoms with Crippen LogP contribution in [0.5, 0.6) is 0 Å². The first-order valence-electron chi connectivity index (χ1n) is 11.4. The Morgan fingerprint density at radius 2 is 1.79 bits per heavy atom. The predicted molar refractivity (Wildman–Crippen MR) is 124 cm³/mol. The first-order chi connectivity index (χ1) is 17.8. The second-order valence-electron chi connectivity index (χ2n) is 8.62. The Labute approximate surface area is 222 Å². The number of benzene rings is 1. The van der Waals surface area contributed by atoms with Crippen molar-refractivity contribution in [3.8, 4) is 0 Å². The zero-order valence-electron chi connectivity index (χ0n) is 20.3. The van der Waals surface area contributed by atoms with Crippen molar-refractivity contribution < 1.29 is 45.9 Å². The molecule has 0 radical (unpaired) electrons. The molecule has 38 heavy (non-hydrogen) atoms. The van der Waals surface area contributed by atoms with Crippen LogP contribution in [0.15, 0.2) is 28.6 Å². The van der Waals surface area contributed by atoms with Crippen LogP contribution in [-0.4, -0.2) is 88.8 Å². The average Bonchev–Trinajstić information content (AvgIpc) is 2.85. The molecule has 1 atom stereocenters. The van der Waals surface area contributed by atoms with E-state index in [1.54, 1.807) is 13.8 Å². The number of nitrogens with two attached hydrogens (primary N) is 1. The number of amides is 2. The highest BCUT2D eigenvalue weighted by atomic mass is 79.9. The van der Waals surface area contributed by atoms with E-state index in [1.165, 1.54) is 14.7 Å². The summed E-state index contributed by atoms with van der Waals surface area (Å²) in [4.78, 5) is 46.1. The highest BCUT2D eigenvalue weighted by Crippen LogP contribution is 2.35. The number of carbonyl (C=O) groups excluding carboxylic acids is 3. The van der Waals surface area contributed by atoms with Crippen molar-refractivity contribution in [2.45, 2.75) is 39.0 Å². The fourth-order valence-corrected chi connectivity index (χ4v) is 4.42. The summed E-state index contributed by atoms with van der Waals surface area (Å²) in [5.74, 6) is -6.12. The Hall–Kier alpha value is -2.98. The van der Waals surface area contributed by atoms with Gasteiger partial charge in [0.25, 0.3) is 5.91 Å². The lowest BCUT2D eigenvalue weighted by Crippen LogP contribution is -2.67. The van der Waals surface area contributed by atoms with Gasteiger partial charge in [0.1, 0.15) is 22.7 Å². The van der Waals surface area contributed by atoms with Gasteiger partial charge >= 0.3 is 12.1 Å². The van der Waals surface area contributed by atoms with Gasteiger partial charge < -0.3 is 20.2 Å². The molecule has 2 aliphatic heterocycles. The third-order valence-corrected chi connectivity index (χ3v) is 6.46. The van der Waals surface area contributed by atoms with Crippen molar-refractivity contribution in [3.05, 3.63) is 45.8 Å². The Bertz CT molecular complexity index is 1110. The maximum Gasteiger partial charge on any atom is 0.493 e. The van der Waals surface area contributed by atoms with Gasteiger partial charge in [-0.3, -0.25) is 19.4 Å². The van der Waals surface area contributed by atoms with E-state index < -0.39 is 59.0 Å². The molecule has 2 amide bonds. The molecule has 10 nitrogen and oxygen atoms in total. The van der Waals surface area contributed by atoms with Crippen molar-refractivity contribution >= 4 is 33.7 Å². The second kappa shape index (κ2) is 11.8. The summed E-state index contributed by atoms with van der Waals surface area (Å²) in [6.07, 6.45) is -6.82. The molecule has 2 N–H and O–H groups in total. The number of rotatable bonds is 7. The minimum Gasteiger partial charge on any atom is -0.471 e. The van der Waals surface area contributed by atoms with Gasteiger partial charge in [-0.25, -0.2) is 13.6 Å². The van der Waals surface area contributed by atoms with Crippen LogP contribution in [0.25, 0.3) is 0 Å². The topological polar surface area (TPSA) is 109 Å². The number of nitrogens with zero attached hydrogens (tertiary/aromatic N) is 4. The molecule has 2 aliphatic rings. The third kappa shape index (κ3) is 6.35.